The Hall–Kier alpha value is -0.924. The Morgan fingerprint density at radius 1 is 0.538 bits per heavy atom. The number of unbranched alkanes of at least 4 members (excludes halogenated alkanes) is 10. The van der Waals surface area contributed by atoms with Crippen LogP contribution in [0.4, 0.5) is 4.79 Å². The molecule has 0 heterocycles. The van der Waals surface area contributed by atoms with Crippen LogP contribution in [0.3, 0.4) is 0 Å². The van der Waals surface area contributed by atoms with Gasteiger partial charge in [-0.1, -0.05) is 78.1 Å². The second-order valence-corrected chi connectivity index (χ2v) is 11.8. The number of esters is 3. The Morgan fingerprint density at radius 3 is 1.63 bits per heavy atom. The van der Waals surface area contributed by atoms with E-state index in [1.54, 1.807) is 14.0 Å². The van der Waals surface area contributed by atoms with E-state index >= 15 is 0 Å². The fourth-order valence-corrected chi connectivity index (χ4v) is 4.38. The van der Waals surface area contributed by atoms with Gasteiger partial charge in [-0.3, -0.25) is 14.4 Å². The predicted octanol–water partition coefficient (Wildman–Crippen LogP) is 2.36. The number of hydrogen-bond donors (Lipinski definition) is 1. The maximum absolute atomic E-state index is 12.2. The molecule has 0 aromatic carbocycles. The first kappa shape index (κ1) is 53.2. The first-order valence-electron chi connectivity index (χ1n) is 18.8. The van der Waals surface area contributed by atoms with E-state index in [9.17, 15) is 19.2 Å². The van der Waals surface area contributed by atoms with Gasteiger partial charge in [0, 0.05) is 39.5 Å². The van der Waals surface area contributed by atoms with Crippen LogP contribution < -0.4 is 56.7 Å². The van der Waals surface area contributed by atoms with Crippen LogP contribution in [-0.4, -0.2) is 123 Å². The van der Waals surface area contributed by atoms with Gasteiger partial charge in [0.25, 0.3) is 0 Å². The monoisotopic (exact) mass is 777 g/mol. The van der Waals surface area contributed by atoms with Crippen molar-refractivity contribution in [3.63, 3.8) is 0 Å². The number of alkyl carbamates (subject to hydrolysis) is 1. The molecule has 0 spiro atoms. The topological polar surface area (TPSA) is 173 Å². The molecule has 0 aromatic rings. The minimum atomic E-state index is -0.857. The molecule has 0 bridgehead atoms. The van der Waals surface area contributed by atoms with Gasteiger partial charge in [0.05, 0.1) is 39.6 Å². The first-order chi connectivity index (χ1) is 24.9. The molecular weight excluding hydrogens is 709 g/mol. The number of methoxy groups -OCH3 is 1. The van der Waals surface area contributed by atoms with Crippen LogP contribution in [0.25, 0.3) is 0 Å². The van der Waals surface area contributed by atoms with E-state index in [2.05, 4.69) is 12.2 Å². The van der Waals surface area contributed by atoms with Crippen molar-refractivity contribution in [1.29, 1.82) is 0 Å². The summed E-state index contributed by atoms with van der Waals surface area (Å²) in [6.07, 6.45) is 12.7. The first-order valence-corrected chi connectivity index (χ1v) is 18.8. The van der Waals surface area contributed by atoms with Crippen LogP contribution in [0, 0.1) is 0 Å². The molecule has 0 unspecified atom stereocenters. The number of ether oxygens (including phenoxy) is 8. The molecule has 1 atom stereocenters. The Kier molecular flexibility index (Phi) is 43.8. The third-order valence-electron chi connectivity index (χ3n) is 7.21. The zero-order chi connectivity index (χ0) is 37.5. The molecule has 0 saturated heterocycles. The van der Waals surface area contributed by atoms with Gasteiger partial charge in [0.15, 0.2) is 6.10 Å². The summed E-state index contributed by atoms with van der Waals surface area (Å²) in [4.78, 5) is 57.5. The number of carbonyl (C=O) groups is 4. The number of nitrogens with one attached hydrogen (secondary N) is 1. The maximum atomic E-state index is 12.2. The summed E-state index contributed by atoms with van der Waals surface area (Å²) in [5, 5.41) is 2.56. The molecule has 1 N–H and O–H groups in total. The number of carbonyl (C=O) groups excluding carboxylic acids is 4. The second kappa shape index (κ2) is 42.8. The Bertz CT molecular complexity index is 846. The normalized spacial score (nSPS) is 11.4. The molecule has 0 rings (SSSR count). The summed E-state index contributed by atoms with van der Waals surface area (Å²) < 4.78 is 41.7. The van der Waals surface area contributed by atoms with Crippen molar-refractivity contribution >= 4 is 24.0 Å². The molecule has 0 fully saturated rings. The van der Waals surface area contributed by atoms with Crippen molar-refractivity contribution in [2.24, 2.45) is 0 Å². The van der Waals surface area contributed by atoms with Gasteiger partial charge < -0.3 is 44.6 Å². The fraction of sp³-hybridized carbons (Fsp3) is 0.889. The molecule has 1 amide bonds. The summed E-state index contributed by atoms with van der Waals surface area (Å²) in [6, 6.07) is 0. The zero-order valence-electron chi connectivity index (χ0n) is 33.6. The zero-order valence-corrected chi connectivity index (χ0v) is 35.7. The number of amides is 1. The molecule has 0 aliphatic heterocycles. The molecule has 0 radical (unpaired) electrons. The van der Waals surface area contributed by atoms with E-state index in [0.717, 1.165) is 19.3 Å². The standard InChI is InChI=1S/C36H67NO14.K.H/c1-4-6-7-8-9-10-11-12-13-14-15-17-34(39)47-30-32(51-33(38)5-2)31-48-35(40)18-16-20-43-23-24-44-21-19-37-36(41)46-27-25-45-26-29-50-49-28-22-42-3;;/h32H,4-31H2,1-3H3,(H,37,41);;/q;+1;-1/t32-;;/m1../s1. The maximum Gasteiger partial charge on any atom is 1.00 e. The van der Waals surface area contributed by atoms with Crippen LogP contribution >= 0.6 is 0 Å². The fourth-order valence-electron chi connectivity index (χ4n) is 4.38. The van der Waals surface area contributed by atoms with E-state index in [0.29, 0.717) is 52.5 Å². The van der Waals surface area contributed by atoms with Crippen LogP contribution in [0.5, 0.6) is 0 Å². The summed E-state index contributed by atoms with van der Waals surface area (Å²) >= 11 is 0. The quantitative estimate of drug-likeness (QED) is 0.0242. The molecule has 52 heavy (non-hydrogen) atoms. The van der Waals surface area contributed by atoms with E-state index in [4.69, 9.17) is 47.7 Å². The van der Waals surface area contributed by atoms with Gasteiger partial charge in [0.1, 0.15) is 33.0 Å². The van der Waals surface area contributed by atoms with Gasteiger partial charge in [-0.15, -0.1) is 0 Å². The SMILES string of the molecule is CCCCCCCCCCCCCC(=O)OC[C@H](COC(=O)CCCOCCOCCNC(=O)OCCOCCOOCCOC)OC(=O)CC.[H-].[K+]. The second-order valence-electron chi connectivity index (χ2n) is 11.8. The van der Waals surface area contributed by atoms with Crippen molar-refractivity contribution in [3.8, 4) is 0 Å². The Labute approximate surface area is 355 Å². The summed E-state index contributed by atoms with van der Waals surface area (Å²) in [7, 11) is 1.57. The van der Waals surface area contributed by atoms with E-state index < -0.39 is 24.1 Å². The van der Waals surface area contributed by atoms with Crippen LogP contribution in [0.15, 0.2) is 0 Å². The van der Waals surface area contributed by atoms with Gasteiger partial charge in [-0.05, 0) is 12.8 Å². The van der Waals surface area contributed by atoms with Crippen molar-refractivity contribution in [2.45, 2.75) is 116 Å². The summed E-state index contributed by atoms with van der Waals surface area (Å²) in [6.45, 7) is 6.69. The smallest absolute Gasteiger partial charge is 1.00 e. The largest absolute Gasteiger partial charge is 1.00 e. The molecule has 0 saturated carbocycles. The van der Waals surface area contributed by atoms with Gasteiger partial charge in [0.2, 0.25) is 0 Å². The Morgan fingerprint density at radius 2 is 1.04 bits per heavy atom. The molecule has 0 aliphatic carbocycles. The molecule has 0 aromatic heterocycles. The summed E-state index contributed by atoms with van der Waals surface area (Å²) in [5.41, 5.74) is 0. The van der Waals surface area contributed by atoms with Crippen LogP contribution in [0.2, 0.25) is 0 Å². The van der Waals surface area contributed by atoms with Crippen molar-refractivity contribution in [1.82, 2.24) is 5.32 Å². The van der Waals surface area contributed by atoms with E-state index in [1.807, 2.05) is 0 Å². The summed E-state index contributed by atoms with van der Waals surface area (Å²) in [5.74, 6) is -1.29. The minimum absolute atomic E-state index is 0. The van der Waals surface area contributed by atoms with E-state index in [-0.39, 0.29) is 118 Å². The molecular formula is C36H68KNO14. The van der Waals surface area contributed by atoms with Crippen LogP contribution in [-0.2, 0) is 62.1 Å². The molecule has 15 nitrogen and oxygen atoms in total. The van der Waals surface area contributed by atoms with Gasteiger partial charge >= 0.3 is 75.4 Å². The van der Waals surface area contributed by atoms with Crippen molar-refractivity contribution in [3.05, 3.63) is 0 Å². The average molecular weight is 778 g/mol. The third-order valence-corrected chi connectivity index (χ3v) is 7.21. The van der Waals surface area contributed by atoms with Gasteiger partial charge in [-0.2, -0.15) is 0 Å². The number of rotatable bonds is 38. The van der Waals surface area contributed by atoms with Crippen molar-refractivity contribution in [2.75, 3.05) is 92.9 Å². The van der Waals surface area contributed by atoms with Gasteiger partial charge in [-0.25, -0.2) is 14.6 Å². The molecule has 0 aliphatic rings. The predicted molar refractivity (Wildman–Crippen MR) is 189 cm³/mol. The Balaban J connectivity index is -0.0000125. The van der Waals surface area contributed by atoms with Crippen molar-refractivity contribution < 1.29 is 120 Å². The number of hydrogen-bond acceptors (Lipinski definition) is 14. The minimum Gasteiger partial charge on any atom is -1.00 e. The third kappa shape index (κ3) is 40.3. The van der Waals surface area contributed by atoms with Crippen LogP contribution in [0.1, 0.15) is 112 Å². The van der Waals surface area contributed by atoms with E-state index in [1.165, 1.54) is 51.4 Å². The molecule has 16 heteroatoms. The molecule has 302 valence electrons. The average Bonchev–Trinajstić information content (AvgIpc) is 3.13.